The van der Waals surface area contributed by atoms with Gasteiger partial charge in [0.25, 0.3) is 0 Å². The number of aromatic carboxylic acids is 1. The summed E-state index contributed by atoms with van der Waals surface area (Å²) in [5.41, 5.74) is 7.31. The van der Waals surface area contributed by atoms with Crippen LogP contribution < -0.4 is 11.1 Å². The smallest absolute Gasteiger partial charge is 0.341 e. The van der Waals surface area contributed by atoms with Gasteiger partial charge in [-0.1, -0.05) is 0 Å². The summed E-state index contributed by atoms with van der Waals surface area (Å²) in [5.74, 6) is -0.969. The molecule has 0 amide bonds. The van der Waals surface area contributed by atoms with Crippen LogP contribution in [0.2, 0.25) is 0 Å². The van der Waals surface area contributed by atoms with Gasteiger partial charge in [-0.3, -0.25) is 4.98 Å². The summed E-state index contributed by atoms with van der Waals surface area (Å²) in [7, 11) is 0. The van der Waals surface area contributed by atoms with Crippen LogP contribution in [0.1, 0.15) is 47.8 Å². The molecule has 154 valence electrons. The zero-order chi connectivity index (χ0) is 19.9. The van der Waals surface area contributed by atoms with Crippen LogP contribution in [0.5, 0.6) is 0 Å². The predicted octanol–water partition coefficient (Wildman–Crippen LogP) is 2.76. The minimum atomic E-state index is -1.09. The van der Waals surface area contributed by atoms with E-state index in [1.165, 1.54) is 23.0 Å². The normalized spacial score (nSPS) is 15.6. The summed E-state index contributed by atoms with van der Waals surface area (Å²) in [5, 5.41) is 16.6. The van der Waals surface area contributed by atoms with Crippen LogP contribution in [0.3, 0.4) is 0 Å². The molecule has 3 aromatic rings. The molecule has 0 radical (unpaired) electrons. The average Bonchev–Trinajstić information content (AvgIpc) is 3.30. The van der Waals surface area contributed by atoms with Crippen molar-refractivity contribution in [3.05, 3.63) is 53.4 Å². The van der Waals surface area contributed by atoms with Crippen LogP contribution in [0, 0.1) is 5.82 Å². The number of nitrogens with zero attached hydrogens (tertiary/aromatic N) is 4. The Labute approximate surface area is 172 Å². The Morgan fingerprint density at radius 3 is 2.86 bits per heavy atom. The summed E-state index contributed by atoms with van der Waals surface area (Å²) < 4.78 is 15.4. The van der Waals surface area contributed by atoms with Crippen molar-refractivity contribution in [1.82, 2.24) is 19.6 Å². The third-order valence-electron chi connectivity index (χ3n) is 5.01. The van der Waals surface area contributed by atoms with Crippen LogP contribution in [-0.4, -0.2) is 36.7 Å². The molecule has 3 aromatic heterocycles. The Bertz CT molecular complexity index is 1050. The number of carbonyl (C=O) groups is 1. The fourth-order valence-corrected chi connectivity index (χ4v) is 3.37. The lowest BCUT2D eigenvalue weighted by Crippen LogP contribution is -2.23. The zero-order valence-electron chi connectivity index (χ0n) is 15.8. The molecule has 0 bridgehead atoms. The molecule has 1 unspecified atom stereocenters. The maximum Gasteiger partial charge on any atom is 0.341 e. The molecule has 10 heteroatoms. The molecule has 1 fully saturated rings. The van der Waals surface area contributed by atoms with Gasteiger partial charge in [0, 0.05) is 23.5 Å². The van der Waals surface area contributed by atoms with E-state index in [1.54, 1.807) is 12.3 Å². The average molecular weight is 421 g/mol. The molecule has 4 rings (SSSR count). The van der Waals surface area contributed by atoms with E-state index in [-0.39, 0.29) is 35.5 Å². The van der Waals surface area contributed by atoms with E-state index in [0.29, 0.717) is 12.2 Å². The lowest BCUT2D eigenvalue weighted by molar-refractivity contribution is 0.0698. The van der Waals surface area contributed by atoms with Crippen molar-refractivity contribution in [3.8, 4) is 0 Å². The first kappa shape index (κ1) is 20.9. The van der Waals surface area contributed by atoms with Crippen molar-refractivity contribution in [1.29, 1.82) is 0 Å². The number of anilines is 1. The van der Waals surface area contributed by atoms with Gasteiger partial charge in [0.1, 0.15) is 17.2 Å². The van der Waals surface area contributed by atoms with E-state index >= 15 is 0 Å². The van der Waals surface area contributed by atoms with Crippen molar-refractivity contribution in [2.24, 2.45) is 5.73 Å². The Morgan fingerprint density at radius 2 is 2.21 bits per heavy atom. The van der Waals surface area contributed by atoms with Crippen LogP contribution in [0.15, 0.2) is 30.7 Å². The van der Waals surface area contributed by atoms with E-state index in [1.807, 2.05) is 6.92 Å². The Hall–Kier alpha value is -2.78. The fraction of sp³-hybridized carbons (Fsp3) is 0.368. The summed E-state index contributed by atoms with van der Waals surface area (Å²) in [6, 6.07) is 3.27. The Balaban J connectivity index is 0.00000240. The molecule has 29 heavy (non-hydrogen) atoms. The molecule has 0 aromatic carbocycles. The molecule has 1 aliphatic carbocycles. The highest BCUT2D eigenvalue weighted by Gasteiger charge is 2.46. The van der Waals surface area contributed by atoms with E-state index in [0.717, 1.165) is 30.5 Å². The number of fused-ring (bicyclic) bond motifs is 1. The number of aromatic nitrogens is 4. The van der Waals surface area contributed by atoms with Gasteiger partial charge in [-0.05, 0) is 44.7 Å². The second kappa shape index (κ2) is 7.92. The number of carboxylic acids is 1. The lowest BCUT2D eigenvalue weighted by Gasteiger charge is -2.22. The van der Waals surface area contributed by atoms with Crippen LogP contribution in [0.25, 0.3) is 5.65 Å². The number of rotatable bonds is 7. The quantitative estimate of drug-likeness (QED) is 0.537. The molecule has 8 nitrogen and oxygen atoms in total. The highest BCUT2D eigenvalue weighted by atomic mass is 35.5. The molecule has 1 aliphatic rings. The molecule has 4 N–H and O–H groups in total. The SMILES string of the molecule is CC(N)CCc1ncc(F)cc1C1(Nc2ccn3ncc(C(=O)O)c3n2)CC1.Cl. The number of hydrogen-bond donors (Lipinski definition) is 3. The lowest BCUT2D eigenvalue weighted by atomic mass is 9.98. The number of aryl methyl sites for hydroxylation is 1. The zero-order valence-corrected chi connectivity index (χ0v) is 16.6. The largest absolute Gasteiger partial charge is 0.477 e. The molecule has 0 aliphatic heterocycles. The first-order chi connectivity index (χ1) is 13.4. The second-order valence-corrected chi connectivity index (χ2v) is 7.32. The highest BCUT2D eigenvalue weighted by molar-refractivity contribution is 5.94. The van der Waals surface area contributed by atoms with Crippen molar-refractivity contribution in [2.75, 3.05) is 5.32 Å². The van der Waals surface area contributed by atoms with Crippen molar-refractivity contribution in [2.45, 2.75) is 44.2 Å². The van der Waals surface area contributed by atoms with Crippen LogP contribution in [0.4, 0.5) is 10.2 Å². The number of pyridine rings is 1. The number of carboxylic acid groups (broad SMARTS) is 1. The van der Waals surface area contributed by atoms with Gasteiger partial charge in [0.2, 0.25) is 0 Å². The van der Waals surface area contributed by atoms with E-state index < -0.39 is 11.5 Å². The molecular weight excluding hydrogens is 399 g/mol. The standard InChI is InChI=1S/C19H21FN6O2.ClH/c1-11(21)2-3-15-14(8-12(20)9-22-15)19(5-6-19)25-16-4-7-26-17(24-16)13(10-23-26)18(27)28;/h4,7-11H,2-3,5-6,21H2,1H3,(H,24,25)(H,27,28);1H. The fourth-order valence-electron chi connectivity index (χ4n) is 3.37. The van der Waals surface area contributed by atoms with Gasteiger partial charge < -0.3 is 16.2 Å². The minimum Gasteiger partial charge on any atom is -0.477 e. The first-order valence-corrected chi connectivity index (χ1v) is 9.14. The van der Waals surface area contributed by atoms with Crippen molar-refractivity contribution >= 4 is 29.8 Å². The molecule has 0 spiro atoms. The van der Waals surface area contributed by atoms with Gasteiger partial charge in [0.15, 0.2) is 5.65 Å². The molecular formula is C19H22ClFN6O2. The molecule has 1 atom stereocenters. The van der Waals surface area contributed by atoms with Crippen molar-refractivity contribution < 1.29 is 14.3 Å². The summed E-state index contributed by atoms with van der Waals surface area (Å²) in [6.07, 6.45) is 7.17. The van der Waals surface area contributed by atoms with E-state index in [2.05, 4.69) is 20.4 Å². The Morgan fingerprint density at radius 1 is 1.45 bits per heavy atom. The number of hydrogen-bond acceptors (Lipinski definition) is 6. The summed E-state index contributed by atoms with van der Waals surface area (Å²) >= 11 is 0. The third kappa shape index (κ3) is 4.15. The maximum atomic E-state index is 13.9. The van der Waals surface area contributed by atoms with Crippen LogP contribution >= 0.6 is 12.4 Å². The monoisotopic (exact) mass is 420 g/mol. The van der Waals surface area contributed by atoms with E-state index in [4.69, 9.17) is 5.73 Å². The minimum absolute atomic E-state index is 0. The molecule has 1 saturated carbocycles. The van der Waals surface area contributed by atoms with Gasteiger partial charge in [-0.15, -0.1) is 12.4 Å². The topological polar surface area (TPSA) is 118 Å². The van der Waals surface area contributed by atoms with Crippen molar-refractivity contribution in [3.63, 3.8) is 0 Å². The second-order valence-electron chi connectivity index (χ2n) is 7.32. The highest BCUT2D eigenvalue weighted by Crippen LogP contribution is 2.49. The number of nitrogens with two attached hydrogens (primary N) is 1. The first-order valence-electron chi connectivity index (χ1n) is 9.14. The maximum absolute atomic E-state index is 13.9. The number of nitrogens with one attached hydrogen (secondary N) is 1. The van der Waals surface area contributed by atoms with Gasteiger partial charge in [-0.2, -0.15) is 5.10 Å². The van der Waals surface area contributed by atoms with Gasteiger partial charge in [-0.25, -0.2) is 18.7 Å². The summed E-state index contributed by atoms with van der Waals surface area (Å²) in [6.45, 7) is 1.93. The number of halogens is 2. The Kier molecular flexibility index (Phi) is 5.72. The molecule has 0 saturated heterocycles. The predicted molar refractivity (Wildman–Crippen MR) is 108 cm³/mol. The summed E-state index contributed by atoms with van der Waals surface area (Å²) in [4.78, 5) is 20.0. The third-order valence-corrected chi connectivity index (χ3v) is 5.01. The van der Waals surface area contributed by atoms with Gasteiger partial charge in [0.05, 0.1) is 17.9 Å². The van der Waals surface area contributed by atoms with Gasteiger partial charge >= 0.3 is 5.97 Å². The molecule has 3 heterocycles. The van der Waals surface area contributed by atoms with E-state index in [9.17, 15) is 14.3 Å². The van der Waals surface area contributed by atoms with Crippen LogP contribution in [-0.2, 0) is 12.0 Å².